The van der Waals surface area contributed by atoms with Crippen molar-refractivity contribution in [2.75, 3.05) is 0 Å². The number of hydrogen-bond donors (Lipinski definition) is 0. The van der Waals surface area contributed by atoms with Gasteiger partial charge in [-0.1, -0.05) is 0 Å². The van der Waals surface area contributed by atoms with Crippen molar-refractivity contribution in [1.29, 1.82) is 0 Å². The van der Waals surface area contributed by atoms with Crippen LogP contribution in [-0.2, 0) is 10.3 Å². The molecule has 1 aromatic rings. The molecule has 0 saturated heterocycles. The zero-order valence-electron chi connectivity index (χ0n) is 7.45. The van der Waals surface area contributed by atoms with Crippen LogP contribution in [0.15, 0.2) is 18.2 Å². The molecule has 1 unspecified atom stereocenters. The van der Waals surface area contributed by atoms with E-state index in [0.717, 1.165) is 12.2 Å². The van der Waals surface area contributed by atoms with Gasteiger partial charge in [0, 0.05) is 0 Å². The third-order valence-electron chi connectivity index (χ3n) is 2.21. The van der Waals surface area contributed by atoms with Gasteiger partial charge in [0.15, 0.2) is 0 Å². The van der Waals surface area contributed by atoms with Crippen molar-refractivity contribution in [2.24, 2.45) is 0 Å². The van der Waals surface area contributed by atoms with Crippen molar-refractivity contribution < 1.29 is 8.57 Å². The second-order valence-electron chi connectivity index (χ2n) is 3.34. The molecule has 1 atom stereocenters. The molecule has 2 rings (SSSR count). The van der Waals surface area contributed by atoms with Gasteiger partial charge in [-0.2, -0.15) is 0 Å². The molecule has 1 aromatic carbocycles. The van der Waals surface area contributed by atoms with E-state index in [4.69, 9.17) is 4.74 Å². The molecular formula is C10H11O2Se. The summed E-state index contributed by atoms with van der Waals surface area (Å²) in [6, 6.07) is 6.19. The van der Waals surface area contributed by atoms with E-state index in [1.165, 1.54) is 11.1 Å². The summed E-state index contributed by atoms with van der Waals surface area (Å²) >= 11 is -0.526. The Balaban J connectivity index is 2.20. The van der Waals surface area contributed by atoms with E-state index in [2.05, 4.69) is 13.0 Å². The first-order valence-corrected chi connectivity index (χ1v) is 6.21. The molecule has 1 heterocycles. The molecule has 1 aliphatic rings. The first-order valence-electron chi connectivity index (χ1n) is 4.30. The van der Waals surface area contributed by atoms with Crippen LogP contribution in [0.5, 0.6) is 5.75 Å². The SMILES string of the molecule is Cc1ccc2c(c1)CC(C[Se]=O)O2. The molecule has 0 bridgehead atoms. The Bertz CT molecular complexity index is 336. The second-order valence-corrected chi connectivity index (χ2v) is 4.53. The normalized spacial score (nSPS) is 19.3. The summed E-state index contributed by atoms with van der Waals surface area (Å²) in [5, 5.41) is 0.681. The van der Waals surface area contributed by atoms with Gasteiger partial charge in [0.1, 0.15) is 0 Å². The molecule has 0 fully saturated rings. The summed E-state index contributed by atoms with van der Waals surface area (Å²) in [6.07, 6.45) is 1.07. The van der Waals surface area contributed by atoms with Gasteiger partial charge in [-0.15, -0.1) is 0 Å². The topological polar surface area (TPSA) is 26.3 Å². The fraction of sp³-hybridized carbons (Fsp3) is 0.400. The van der Waals surface area contributed by atoms with Crippen LogP contribution >= 0.6 is 0 Å². The number of benzene rings is 1. The van der Waals surface area contributed by atoms with Gasteiger partial charge in [-0.05, 0) is 0 Å². The van der Waals surface area contributed by atoms with Gasteiger partial charge >= 0.3 is 83.3 Å². The summed E-state index contributed by atoms with van der Waals surface area (Å²) in [5.41, 5.74) is 2.52. The van der Waals surface area contributed by atoms with Crippen LogP contribution in [0, 0.1) is 6.92 Å². The Morgan fingerprint density at radius 1 is 1.62 bits per heavy atom. The summed E-state index contributed by atoms with van der Waals surface area (Å²) in [6.45, 7) is 2.07. The molecule has 0 aliphatic carbocycles. The maximum absolute atomic E-state index is 10.5. The zero-order valence-corrected chi connectivity index (χ0v) is 9.16. The first-order chi connectivity index (χ1) is 6.29. The molecule has 1 aliphatic heterocycles. The molecule has 1 radical (unpaired) electrons. The number of hydrogen-bond acceptors (Lipinski definition) is 2. The molecule has 3 heteroatoms. The number of fused-ring (bicyclic) bond motifs is 1. The maximum atomic E-state index is 10.5. The summed E-state index contributed by atoms with van der Waals surface area (Å²) in [5.74, 6) is 0.972. The Kier molecular flexibility index (Phi) is 2.47. The molecule has 0 spiro atoms. The van der Waals surface area contributed by atoms with Crippen LogP contribution < -0.4 is 4.74 Å². The predicted octanol–water partition coefficient (Wildman–Crippen LogP) is 1.77. The van der Waals surface area contributed by atoms with Crippen LogP contribution in [0.2, 0.25) is 5.32 Å². The van der Waals surface area contributed by atoms with Crippen LogP contribution in [-0.4, -0.2) is 21.0 Å². The average Bonchev–Trinajstić information content (AvgIpc) is 2.46. The van der Waals surface area contributed by atoms with Gasteiger partial charge in [0.2, 0.25) is 0 Å². The monoisotopic (exact) mass is 243 g/mol. The van der Waals surface area contributed by atoms with Crippen molar-refractivity contribution in [3.63, 3.8) is 0 Å². The third-order valence-corrected chi connectivity index (χ3v) is 3.28. The quantitative estimate of drug-likeness (QED) is 0.739. The second kappa shape index (κ2) is 3.60. The van der Waals surface area contributed by atoms with Crippen LogP contribution in [0.3, 0.4) is 0 Å². The van der Waals surface area contributed by atoms with Gasteiger partial charge in [0.05, 0.1) is 0 Å². The van der Waals surface area contributed by atoms with Crippen molar-refractivity contribution >= 4 is 14.9 Å². The van der Waals surface area contributed by atoms with Gasteiger partial charge in [-0.3, -0.25) is 0 Å². The molecule has 0 amide bonds. The average molecular weight is 242 g/mol. The van der Waals surface area contributed by atoms with E-state index in [1.807, 2.05) is 12.1 Å². The fourth-order valence-electron chi connectivity index (χ4n) is 1.62. The van der Waals surface area contributed by atoms with Crippen LogP contribution in [0.1, 0.15) is 11.1 Å². The molecule has 13 heavy (non-hydrogen) atoms. The van der Waals surface area contributed by atoms with E-state index in [-0.39, 0.29) is 6.10 Å². The number of rotatable bonds is 2. The van der Waals surface area contributed by atoms with Crippen molar-refractivity contribution in [3.8, 4) is 5.75 Å². The minimum absolute atomic E-state index is 0.147. The van der Waals surface area contributed by atoms with Crippen molar-refractivity contribution in [3.05, 3.63) is 29.3 Å². The molecular weight excluding hydrogens is 231 g/mol. The Morgan fingerprint density at radius 2 is 2.46 bits per heavy atom. The Hall–Kier alpha value is -0.661. The number of ether oxygens (including phenoxy) is 1. The van der Waals surface area contributed by atoms with E-state index < -0.39 is 14.9 Å². The van der Waals surface area contributed by atoms with Gasteiger partial charge < -0.3 is 0 Å². The van der Waals surface area contributed by atoms with Crippen molar-refractivity contribution in [1.82, 2.24) is 0 Å². The summed E-state index contributed by atoms with van der Waals surface area (Å²) in [4.78, 5) is 0. The Morgan fingerprint density at radius 3 is 3.23 bits per heavy atom. The minimum atomic E-state index is -0.526. The third kappa shape index (κ3) is 1.82. The molecule has 2 nitrogen and oxygen atoms in total. The molecule has 69 valence electrons. The summed E-state index contributed by atoms with van der Waals surface area (Å²) < 4.78 is 16.1. The van der Waals surface area contributed by atoms with E-state index >= 15 is 0 Å². The summed E-state index contributed by atoms with van der Waals surface area (Å²) in [7, 11) is 0. The van der Waals surface area contributed by atoms with Gasteiger partial charge in [-0.25, -0.2) is 0 Å². The van der Waals surface area contributed by atoms with Crippen molar-refractivity contribution in [2.45, 2.75) is 24.8 Å². The fourth-order valence-corrected chi connectivity index (χ4v) is 2.33. The first kappa shape index (κ1) is 8.92. The van der Waals surface area contributed by atoms with E-state index in [1.54, 1.807) is 0 Å². The van der Waals surface area contributed by atoms with E-state index in [0.29, 0.717) is 5.32 Å². The van der Waals surface area contributed by atoms with Crippen LogP contribution in [0.25, 0.3) is 0 Å². The number of aryl methyl sites for hydroxylation is 1. The van der Waals surface area contributed by atoms with Gasteiger partial charge in [0.25, 0.3) is 0 Å². The van der Waals surface area contributed by atoms with E-state index in [9.17, 15) is 3.83 Å². The molecule has 0 saturated carbocycles. The molecule has 0 aromatic heterocycles. The predicted molar refractivity (Wildman–Crippen MR) is 50.5 cm³/mol. The zero-order chi connectivity index (χ0) is 9.26. The molecule has 0 N–H and O–H groups in total. The standard InChI is InChI=1S/C10H11O2Se/c1-7-2-3-10-8(4-7)5-9(12-10)6-13-11/h2-4,9H,5-6H2,1H3. The Labute approximate surface area is 83.6 Å². The van der Waals surface area contributed by atoms with Crippen LogP contribution in [0.4, 0.5) is 0 Å².